The van der Waals surface area contributed by atoms with E-state index in [0.717, 1.165) is 37.4 Å². The van der Waals surface area contributed by atoms with E-state index >= 15 is 0 Å². The summed E-state index contributed by atoms with van der Waals surface area (Å²) in [5.41, 5.74) is 2.50. The van der Waals surface area contributed by atoms with Crippen LogP contribution in [0.3, 0.4) is 0 Å². The number of carbonyl (C=O) groups is 1. The van der Waals surface area contributed by atoms with E-state index in [1.165, 1.54) is 19.2 Å². The number of benzene rings is 1. The SMILES string of the molecule is CCc1cc(-c2c[nH]c(=O)c(NC(=O)c3ccc(OCCC4CCNCC4)cc3)c2)ncn1. The van der Waals surface area contributed by atoms with Gasteiger partial charge in [-0.15, -0.1) is 0 Å². The Kier molecular flexibility index (Phi) is 7.47. The van der Waals surface area contributed by atoms with Gasteiger partial charge in [-0.3, -0.25) is 9.59 Å². The van der Waals surface area contributed by atoms with Crippen molar-refractivity contribution in [2.45, 2.75) is 32.6 Å². The van der Waals surface area contributed by atoms with Crippen molar-refractivity contribution in [1.82, 2.24) is 20.3 Å². The highest BCUT2D eigenvalue weighted by molar-refractivity contribution is 6.04. The van der Waals surface area contributed by atoms with E-state index < -0.39 is 0 Å². The molecule has 0 atom stereocenters. The molecule has 172 valence electrons. The fraction of sp³-hybridized carbons (Fsp3) is 0.360. The van der Waals surface area contributed by atoms with Gasteiger partial charge in [0.05, 0.1) is 12.3 Å². The number of H-pyrrole nitrogens is 1. The third-order valence-corrected chi connectivity index (χ3v) is 5.90. The zero-order valence-electron chi connectivity index (χ0n) is 18.8. The van der Waals surface area contributed by atoms with Crippen LogP contribution >= 0.6 is 0 Å². The quantitative estimate of drug-likeness (QED) is 0.488. The van der Waals surface area contributed by atoms with Crippen molar-refractivity contribution in [2.75, 3.05) is 25.0 Å². The van der Waals surface area contributed by atoms with E-state index in [-0.39, 0.29) is 17.2 Å². The average molecular weight is 448 g/mol. The third kappa shape index (κ3) is 6.04. The van der Waals surface area contributed by atoms with E-state index in [1.54, 1.807) is 36.5 Å². The van der Waals surface area contributed by atoms with E-state index in [2.05, 4.69) is 25.6 Å². The molecule has 2 aromatic heterocycles. The second-order valence-electron chi connectivity index (χ2n) is 8.19. The molecule has 1 aliphatic rings. The van der Waals surface area contributed by atoms with Gasteiger partial charge in [-0.1, -0.05) is 6.92 Å². The Morgan fingerprint density at radius 1 is 1.15 bits per heavy atom. The summed E-state index contributed by atoms with van der Waals surface area (Å²) in [5, 5.41) is 6.07. The number of carbonyl (C=O) groups excluding carboxylic acids is 1. The Morgan fingerprint density at radius 2 is 1.94 bits per heavy atom. The molecule has 1 fully saturated rings. The number of nitrogens with zero attached hydrogens (tertiary/aromatic N) is 2. The molecule has 0 radical (unpaired) electrons. The number of rotatable bonds is 8. The van der Waals surface area contributed by atoms with E-state index in [4.69, 9.17) is 4.74 Å². The molecule has 0 saturated carbocycles. The largest absolute Gasteiger partial charge is 0.494 e. The van der Waals surface area contributed by atoms with E-state index in [1.807, 2.05) is 13.0 Å². The Hall–Kier alpha value is -3.52. The molecular weight excluding hydrogens is 418 g/mol. The van der Waals surface area contributed by atoms with Gasteiger partial charge >= 0.3 is 0 Å². The molecule has 1 amide bonds. The second-order valence-corrected chi connectivity index (χ2v) is 8.19. The smallest absolute Gasteiger partial charge is 0.271 e. The van der Waals surface area contributed by atoms with Gasteiger partial charge in [0, 0.05) is 23.0 Å². The Bertz CT molecular complexity index is 1140. The van der Waals surface area contributed by atoms with Crippen molar-refractivity contribution in [3.63, 3.8) is 0 Å². The van der Waals surface area contributed by atoms with Crippen LogP contribution in [-0.4, -0.2) is 40.6 Å². The summed E-state index contributed by atoms with van der Waals surface area (Å²) >= 11 is 0. The number of pyridine rings is 1. The number of aromatic amines is 1. The summed E-state index contributed by atoms with van der Waals surface area (Å²) in [5.74, 6) is 1.08. The van der Waals surface area contributed by atoms with Crippen LogP contribution in [0.5, 0.6) is 5.75 Å². The van der Waals surface area contributed by atoms with Crippen LogP contribution in [0.2, 0.25) is 0 Å². The third-order valence-electron chi connectivity index (χ3n) is 5.90. The van der Waals surface area contributed by atoms with Crippen molar-refractivity contribution < 1.29 is 9.53 Å². The van der Waals surface area contributed by atoms with Crippen LogP contribution in [0.15, 0.2) is 53.7 Å². The lowest BCUT2D eigenvalue weighted by Gasteiger charge is -2.22. The molecule has 0 unspecified atom stereocenters. The number of aryl methyl sites for hydroxylation is 1. The fourth-order valence-corrected chi connectivity index (χ4v) is 3.88. The first-order valence-electron chi connectivity index (χ1n) is 11.4. The van der Waals surface area contributed by atoms with Crippen molar-refractivity contribution in [3.8, 4) is 17.0 Å². The van der Waals surface area contributed by atoms with Gasteiger partial charge in [0.15, 0.2) is 0 Å². The maximum Gasteiger partial charge on any atom is 0.271 e. The number of hydrogen-bond donors (Lipinski definition) is 3. The maximum absolute atomic E-state index is 12.7. The monoisotopic (exact) mass is 447 g/mol. The molecule has 1 aliphatic heterocycles. The van der Waals surface area contributed by atoms with Gasteiger partial charge in [0.1, 0.15) is 17.8 Å². The highest BCUT2D eigenvalue weighted by Crippen LogP contribution is 2.20. The van der Waals surface area contributed by atoms with Gasteiger partial charge in [-0.05, 0) is 81.1 Å². The molecular formula is C25H29N5O3. The summed E-state index contributed by atoms with van der Waals surface area (Å²) < 4.78 is 5.85. The molecule has 0 spiro atoms. The lowest BCUT2D eigenvalue weighted by molar-refractivity contribution is 0.102. The lowest BCUT2D eigenvalue weighted by atomic mass is 9.95. The number of nitrogens with one attached hydrogen (secondary N) is 3. The second kappa shape index (κ2) is 10.9. The van der Waals surface area contributed by atoms with Gasteiger partial charge in [-0.25, -0.2) is 9.97 Å². The molecule has 1 saturated heterocycles. The number of piperidine rings is 1. The minimum atomic E-state index is -0.380. The van der Waals surface area contributed by atoms with Crippen LogP contribution < -0.4 is 20.9 Å². The summed E-state index contributed by atoms with van der Waals surface area (Å²) in [6.07, 6.45) is 7.28. The summed E-state index contributed by atoms with van der Waals surface area (Å²) in [6.45, 7) is 4.84. The molecule has 3 aromatic rings. The molecule has 0 aliphatic carbocycles. The number of hydrogen-bond acceptors (Lipinski definition) is 6. The summed E-state index contributed by atoms with van der Waals surface area (Å²) in [4.78, 5) is 36.1. The van der Waals surface area contributed by atoms with Gasteiger partial charge in [0.2, 0.25) is 0 Å². The van der Waals surface area contributed by atoms with E-state index in [9.17, 15) is 9.59 Å². The van der Waals surface area contributed by atoms with Crippen LogP contribution in [0.25, 0.3) is 11.3 Å². The van der Waals surface area contributed by atoms with Gasteiger partial charge < -0.3 is 20.4 Å². The van der Waals surface area contributed by atoms with Crippen LogP contribution in [-0.2, 0) is 6.42 Å². The van der Waals surface area contributed by atoms with Crippen LogP contribution in [0.4, 0.5) is 5.69 Å². The van der Waals surface area contributed by atoms with E-state index in [0.29, 0.717) is 29.3 Å². The Balaban J connectivity index is 1.38. The number of amides is 1. The molecule has 3 heterocycles. The zero-order valence-corrected chi connectivity index (χ0v) is 18.8. The molecule has 4 rings (SSSR count). The first kappa shape index (κ1) is 22.7. The standard InChI is InChI=1S/C25H29N5O3/c1-2-20-14-22(29-16-28-20)19-13-23(25(32)27-15-19)30-24(31)18-3-5-21(6-4-18)33-12-9-17-7-10-26-11-8-17/h3-6,13-17,26H,2,7-12H2,1H3,(H,27,32)(H,30,31). The number of aromatic nitrogens is 3. The predicted molar refractivity (Wildman–Crippen MR) is 128 cm³/mol. The lowest BCUT2D eigenvalue weighted by Crippen LogP contribution is -2.28. The fourth-order valence-electron chi connectivity index (χ4n) is 3.88. The Labute approximate surface area is 192 Å². The minimum absolute atomic E-state index is 0.163. The first-order valence-corrected chi connectivity index (χ1v) is 11.4. The molecule has 8 heteroatoms. The van der Waals surface area contributed by atoms with Crippen LogP contribution in [0.1, 0.15) is 42.2 Å². The topological polar surface area (TPSA) is 109 Å². The number of anilines is 1. The molecule has 0 bridgehead atoms. The number of ether oxygens (including phenoxy) is 1. The molecule has 8 nitrogen and oxygen atoms in total. The zero-order chi connectivity index (χ0) is 23.0. The molecule has 1 aromatic carbocycles. The Morgan fingerprint density at radius 3 is 2.70 bits per heavy atom. The van der Waals surface area contributed by atoms with Gasteiger partial charge in [-0.2, -0.15) is 0 Å². The minimum Gasteiger partial charge on any atom is -0.494 e. The van der Waals surface area contributed by atoms with Crippen molar-refractivity contribution in [1.29, 1.82) is 0 Å². The maximum atomic E-state index is 12.7. The molecule has 33 heavy (non-hydrogen) atoms. The normalized spacial score (nSPS) is 14.1. The first-order chi connectivity index (χ1) is 16.1. The highest BCUT2D eigenvalue weighted by Gasteiger charge is 2.14. The van der Waals surface area contributed by atoms with Crippen molar-refractivity contribution in [3.05, 3.63) is 70.5 Å². The predicted octanol–water partition coefficient (Wildman–Crippen LogP) is 3.42. The van der Waals surface area contributed by atoms with Crippen molar-refractivity contribution in [2.24, 2.45) is 5.92 Å². The summed E-state index contributed by atoms with van der Waals surface area (Å²) in [7, 11) is 0. The molecule has 3 N–H and O–H groups in total. The summed E-state index contributed by atoms with van der Waals surface area (Å²) in [6, 6.07) is 10.5. The van der Waals surface area contributed by atoms with Crippen molar-refractivity contribution >= 4 is 11.6 Å². The highest BCUT2D eigenvalue weighted by atomic mass is 16.5. The van der Waals surface area contributed by atoms with Gasteiger partial charge in [0.25, 0.3) is 11.5 Å². The van der Waals surface area contributed by atoms with Crippen LogP contribution in [0, 0.1) is 5.92 Å². The average Bonchev–Trinajstić information content (AvgIpc) is 2.86.